The number of para-hydroxylation sites is 6. The topological polar surface area (TPSA) is 95.6 Å². The van der Waals surface area contributed by atoms with Crippen LogP contribution < -0.4 is 52.7 Å². The number of benzene rings is 3. The van der Waals surface area contributed by atoms with E-state index in [0.717, 1.165) is 0 Å². The molecule has 1 radical (unpaired) electrons. The van der Waals surface area contributed by atoms with E-state index in [-0.39, 0.29) is 72.2 Å². The van der Waals surface area contributed by atoms with Crippen LogP contribution in [0.2, 0.25) is 0 Å². The average Bonchev–Trinajstić information content (AvgIpc) is 3.47. The molecule has 0 unspecified atom stereocenters. The van der Waals surface area contributed by atoms with Crippen molar-refractivity contribution in [2.45, 2.75) is 0 Å². The molecule has 3 aromatic heterocycles. The minimum atomic E-state index is -1.06. The van der Waals surface area contributed by atoms with Crippen molar-refractivity contribution in [2.75, 3.05) is 10.7 Å². The van der Waals surface area contributed by atoms with E-state index >= 15 is 0 Å². The zero-order valence-corrected chi connectivity index (χ0v) is 31.1. The van der Waals surface area contributed by atoms with Crippen molar-refractivity contribution in [1.82, 2.24) is 13.7 Å². The second-order valence-corrected chi connectivity index (χ2v) is 10.3. The zero-order valence-electron chi connectivity index (χ0n) is 22.9. The Balaban J connectivity index is 0.000000713. The van der Waals surface area contributed by atoms with Crippen LogP contribution in [0.15, 0.2) is 72.8 Å². The fourth-order valence-corrected chi connectivity index (χ4v) is 4.97. The first-order valence-corrected chi connectivity index (χ1v) is 14.1. The van der Waals surface area contributed by atoms with Crippen LogP contribution in [0, 0.1) is 0 Å². The van der Waals surface area contributed by atoms with Crippen LogP contribution >= 0.6 is 46.4 Å². The maximum atomic E-state index is 13.7. The summed E-state index contributed by atoms with van der Waals surface area (Å²) in [5, 5.41) is 41.4. The molecule has 0 aliphatic carbocycles. The van der Waals surface area contributed by atoms with Gasteiger partial charge in [-0.15, -0.1) is 46.4 Å². The number of aryl methyl sites for hydroxylation is 3. The third-order valence-electron chi connectivity index (χ3n) is 6.68. The minimum absolute atomic E-state index is 0. The summed E-state index contributed by atoms with van der Waals surface area (Å²) in [5.74, 6) is 0. The van der Waals surface area contributed by atoms with E-state index in [4.69, 9.17) is 46.4 Å². The number of aromatic nitrogens is 6. The Hall–Kier alpha value is -1.95. The van der Waals surface area contributed by atoms with Gasteiger partial charge in [-0.25, -0.2) is 13.7 Å². The number of rotatable bonds is 3. The third-order valence-corrected chi connectivity index (χ3v) is 6.68. The van der Waals surface area contributed by atoms with E-state index in [1.807, 2.05) is 72.8 Å². The van der Waals surface area contributed by atoms with Crippen LogP contribution in [0.3, 0.4) is 0 Å². The summed E-state index contributed by atoms with van der Waals surface area (Å²) in [5.41, 5.74) is 4.00. The fourth-order valence-electron chi connectivity index (χ4n) is 4.97. The zero-order chi connectivity index (χ0) is 29.1. The van der Waals surface area contributed by atoms with Gasteiger partial charge >= 0.3 is 26.6 Å². The predicted molar refractivity (Wildman–Crippen MR) is 153 cm³/mol. The quantitative estimate of drug-likeness (QED) is 0.131. The molecule has 0 bridgehead atoms. The Morgan fingerprint density at radius 2 is 0.762 bits per heavy atom. The van der Waals surface area contributed by atoms with E-state index in [2.05, 4.69) is 0 Å². The van der Waals surface area contributed by atoms with Gasteiger partial charge in [-0.1, -0.05) is 36.4 Å². The third kappa shape index (κ3) is 6.30. The Morgan fingerprint density at radius 3 is 1.00 bits per heavy atom. The van der Waals surface area contributed by atoms with Crippen molar-refractivity contribution in [1.29, 1.82) is 0 Å². The van der Waals surface area contributed by atoms with E-state index < -0.39 is 7.12 Å². The molecule has 0 amide bonds. The number of hydrogen-bond acceptors (Lipinski definition) is 3. The van der Waals surface area contributed by atoms with E-state index in [1.165, 1.54) is 27.1 Å². The van der Waals surface area contributed by atoms with Gasteiger partial charge in [-0.05, 0) is 36.4 Å². The Labute approximate surface area is 292 Å². The van der Waals surface area contributed by atoms with Crippen LogP contribution in [-0.2, 0) is 40.6 Å². The van der Waals surface area contributed by atoms with Crippen molar-refractivity contribution in [3.63, 3.8) is 0 Å². The number of imidazole rings is 3. The van der Waals surface area contributed by atoms with Gasteiger partial charge in [0.15, 0.2) is 34.6 Å². The monoisotopic (exact) mass is 811 g/mol. The van der Waals surface area contributed by atoms with Gasteiger partial charge in [0.1, 0.15) is 16.6 Å². The van der Waals surface area contributed by atoms with Crippen molar-refractivity contribution in [3.8, 4) is 18.0 Å². The Bertz CT molecular complexity index is 1610. The van der Waals surface area contributed by atoms with Crippen molar-refractivity contribution in [2.24, 2.45) is 21.1 Å². The van der Waals surface area contributed by atoms with E-state index in [1.54, 1.807) is 21.1 Å². The molecular weight excluding hydrogens is 789 g/mol. The fraction of sp³-hybridized carbons (Fsp3) is 0.192. The second-order valence-electron chi connectivity index (χ2n) is 8.65. The van der Waals surface area contributed by atoms with Gasteiger partial charge in [0.2, 0.25) is 0 Å². The standard InChI is InChI=1S/C24H21BN6O3.2CH2Cl2.HI.Zn/c1-26-16-10-4-7-13-19(16)29(22(26)32)25(30-20-14-8-5-11-17(20)27(2)23(30)33)31-21-15-9-6-12-18(21)28(3)24(31)34;2*2-1-3;;/h4-15H,1-3H3;2*1H2;1H;/q-1;;;;+2/p-1. The Morgan fingerprint density at radius 1 is 0.548 bits per heavy atom. The molecule has 217 valence electrons. The molecule has 0 aliphatic heterocycles. The number of nitrogens with zero attached hydrogens (tertiary/aromatic N) is 6. The molecule has 0 saturated heterocycles. The van der Waals surface area contributed by atoms with Gasteiger partial charge in [0.05, 0.1) is 31.8 Å². The van der Waals surface area contributed by atoms with E-state index in [0.29, 0.717) is 33.1 Å². The molecule has 0 N–H and O–H groups in total. The van der Waals surface area contributed by atoms with Crippen LogP contribution in [-0.4, -0.2) is 31.5 Å². The van der Waals surface area contributed by atoms with Crippen LogP contribution in [0.25, 0.3) is 33.1 Å². The summed E-state index contributed by atoms with van der Waals surface area (Å²) < 4.78 is 9.18. The number of halogens is 5. The molecule has 3 aromatic carbocycles. The molecule has 0 fully saturated rings. The molecule has 6 rings (SSSR count). The molecule has 0 spiro atoms. The molecule has 0 aliphatic rings. The molecule has 16 heteroatoms. The molecule has 42 heavy (non-hydrogen) atoms. The summed E-state index contributed by atoms with van der Waals surface area (Å²) in [6, 6.07) is 21.1. The van der Waals surface area contributed by atoms with Gasteiger partial charge in [0, 0.05) is 0 Å². The summed E-state index contributed by atoms with van der Waals surface area (Å²) in [6.07, 6.45) is 0. The van der Waals surface area contributed by atoms with Crippen LogP contribution in [0.5, 0.6) is 18.0 Å². The first-order valence-electron chi connectivity index (χ1n) is 12.0. The molecular formula is C26H25BCl4IN6O3Zn. The normalized spacial score (nSPS) is 10.6. The van der Waals surface area contributed by atoms with Crippen LogP contribution in [0.4, 0.5) is 0 Å². The largest absolute Gasteiger partial charge is 2.00 e. The van der Waals surface area contributed by atoms with Gasteiger partial charge in [-0.3, -0.25) is 0 Å². The number of hydrogen-bond donors (Lipinski definition) is 0. The summed E-state index contributed by atoms with van der Waals surface area (Å²) >= 11 is 19.1. The van der Waals surface area contributed by atoms with Crippen molar-refractivity contribution >= 4 is 86.6 Å². The first kappa shape index (κ1) is 36.2. The smallest absolute Gasteiger partial charge is 1.00 e. The maximum Gasteiger partial charge on any atom is 2.00 e. The van der Waals surface area contributed by atoms with Crippen molar-refractivity contribution in [3.05, 3.63) is 72.8 Å². The van der Waals surface area contributed by atoms with Gasteiger partial charge < -0.3 is 52.7 Å². The van der Waals surface area contributed by atoms with Crippen LogP contribution in [0.1, 0.15) is 0 Å². The van der Waals surface area contributed by atoms with Gasteiger partial charge in [-0.2, -0.15) is 0 Å². The number of fused-ring (bicyclic) bond motifs is 3. The molecule has 3 heterocycles. The van der Waals surface area contributed by atoms with Crippen molar-refractivity contribution < 1.29 is 72.2 Å². The first-order chi connectivity index (χ1) is 19.2. The number of alkyl halides is 4. The Kier molecular flexibility index (Phi) is 13.5. The molecule has 0 saturated carbocycles. The summed E-state index contributed by atoms with van der Waals surface area (Å²) in [4.78, 5) is 0. The van der Waals surface area contributed by atoms with E-state index in [9.17, 15) is 15.3 Å². The average molecular weight is 814 g/mol. The molecule has 9 nitrogen and oxygen atoms in total. The van der Waals surface area contributed by atoms with Gasteiger partial charge in [0.25, 0.3) is 0 Å². The molecule has 0 atom stereocenters. The second kappa shape index (κ2) is 15.7. The predicted octanol–water partition coefficient (Wildman–Crippen LogP) is -0.981. The summed E-state index contributed by atoms with van der Waals surface area (Å²) in [6.45, 7) is 0. The minimum Gasteiger partial charge on any atom is -1.00 e. The maximum absolute atomic E-state index is 13.7. The summed E-state index contributed by atoms with van der Waals surface area (Å²) in [7, 11) is 4.01. The molecule has 6 aromatic rings. The SMILES string of the molecule is ClCCl.ClCCl.Cn1c([O-])[n+]([B-]([n+]2c([O-])n(C)c3ccccc32)[n+]2c([O-])n(C)c3ccccc32)c2ccccc21.[I-].[Zn+2].